The fourth-order valence-corrected chi connectivity index (χ4v) is 1.63. The van der Waals surface area contributed by atoms with E-state index in [0.29, 0.717) is 17.3 Å². The summed E-state index contributed by atoms with van der Waals surface area (Å²) in [7, 11) is 0. The predicted molar refractivity (Wildman–Crippen MR) is 66.3 cm³/mol. The van der Waals surface area contributed by atoms with E-state index in [1.54, 1.807) is 23.1 Å². The average Bonchev–Trinajstić information content (AvgIpc) is 2.58. The lowest BCUT2D eigenvalue weighted by molar-refractivity contribution is 0.678. The van der Waals surface area contributed by atoms with E-state index < -0.39 is 0 Å². The molecule has 0 aliphatic carbocycles. The van der Waals surface area contributed by atoms with Crippen molar-refractivity contribution in [3.8, 4) is 0 Å². The molecule has 0 radical (unpaired) electrons. The minimum atomic E-state index is -0.0403. The Morgan fingerprint density at radius 3 is 2.94 bits per heavy atom. The molecule has 0 atom stereocenters. The van der Waals surface area contributed by atoms with Crippen molar-refractivity contribution in [2.75, 3.05) is 0 Å². The number of rotatable bonds is 3. The zero-order valence-electron chi connectivity index (χ0n) is 9.31. The summed E-state index contributed by atoms with van der Waals surface area (Å²) in [6.07, 6.45) is 3.40. The molecule has 0 unspecified atom stereocenters. The van der Waals surface area contributed by atoms with E-state index in [0.717, 1.165) is 11.3 Å². The van der Waals surface area contributed by atoms with Gasteiger partial charge in [0.05, 0.1) is 17.3 Å². The fourth-order valence-electron chi connectivity index (χ4n) is 1.48. The van der Waals surface area contributed by atoms with Crippen LogP contribution in [-0.2, 0) is 6.54 Å². The van der Waals surface area contributed by atoms with Crippen molar-refractivity contribution >= 4 is 17.4 Å². The second kappa shape index (κ2) is 4.55. The molecular weight excluding hydrogens is 238 g/mol. The molecule has 5 nitrogen and oxygen atoms in total. The molecule has 17 heavy (non-hydrogen) atoms. The smallest absolute Gasteiger partial charge is 0.141 e. The zero-order chi connectivity index (χ0) is 12.4. The van der Waals surface area contributed by atoms with Gasteiger partial charge in [0, 0.05) is 12.4 Å². The molecule has 0 aliphatic heterocycles. The van der Waals surface area contributed by atoms with E-state index in [1.165, 1.54) is 0 Å². The Hall–Kier alpha value is -1.88. The summed E-state index contributed by atoms with van der Waals surface area (Å²) in [6.45, 7) is 2.43. The number of nitrogen functional groups attached to an aromatic ring is 1. The van der Waals surface area contributed by atoms with Crippen LogP contribution in [0.15, 0.2) is 24.5 Å². The lowest BCUT2D eigenvalue weighted by Gasteiger charge is -2.03. The summed E-state index contributed by atoms with van der Waals surface area (Å²) in [5, 5.41) is 12.2. The number of nitrogens with two attached hydrogens (primary N) is 1. The Bertz CT molecular complexity index is 541. The highest BCUT2D eigenvalue weighted by Gasteiger charge is 2.04. The van der Waals surface area contributed by atoms with Gasteiger partial charge in [-0.2, -0.15) is 5.10 Å². The van der Waals surface area contributed by atoms with Gasteiger partial charge in [0.1, 0.15) is 11.5 Å². The fraction of sp³-hybridized carbons (Fsp3) is 0.182. The first kappa shape index (κ1) is 11.6. The first-order chi connectivity index (χ1) is 8.06. The third-order valence-corrected chi connectivity index (χ3v) is 2.70. The molecule has 0 bridgehead atoms. The van der Waals surface area contributed by atoms with Crippen LogP contribution in [0.2, 0.25) is 5.02 Å². The standard InChI is InChI=1S/C11H12ClN5/c1-7-9(12)6-17(16-7)5-8-2-3-15-10(4-8)11(13)14/h2-4,6H,5H2,1H3,(H3,13,14). The van der Waals surface area contributed by atoms with Gasteiger partial charge >= 0.3 is 0 Å². The molecule has 0 fully saturated rings. The predicted octanol–water partition coefficient (Wildman–Crippen LogP) is 1.57. The molecule has 6 heteroatoms. The van der Waals surface area contributed by atoms with E-state index in [9.17, 15) is 0 Å². The Kier molecular flexibility index (Phi) is 3.10. The molecule has 2 aromatic heterocycles. The van der Waals surface area contributed by atoms with Gasteiger partial charge in [-0.3, -0.25) is 15.1 Å². The van der Waals surface area contributed by atoms with Gasteiger partial charge in [-0.25, -0.2) is 0 Å². The largest absolute Gasteiger partial charge is 0.382 e. The quantitative estimate of drug-likeness (QED) is 0.640. The van der Waals surface area contributed by atoms with Crippen LogP contribution in [-0.4, -0.2) is 20.6 Å². The molecule has 2 aromatic rings. The third kappa shape index (κ3) is 2.62. The maximum absolute atomic E-state index is 7.32. The number of pyridine rings is 1. The Morgan fingerprint density at radius 2 is 2.35 bits per heavy atom. The van der Waals surface area contributed by atoms with Crippen molar-refractivity contribution in [2.24, 2.45) is 5.73 Å². The van der Waals surface area contributed by atoms with Gasteiger partial charge in [0.15, 0.2) is 0 Å². The van der Waals surface area contributed by atoms with Crippen LogP contribution in [0.1, 0.15) is 17.0 Å². The number of nitrogens with one attached hydrogen (secondary N) is 1. The van der Waals surface area contributed by atoms with E-state index in [2.05, 4.69) is 10.1 Å². The van der Waals surface area contributed by atoms with Crippen molar-refractivity contribution < 1.29 is 0 Å². The highest BCUT2D eigenvalue weighted by Crippen LogP contribution is 2.13. The number of hydrogen-bond acceptors (Lipinski definition) is 3. The summed E-state index contributed by atoms with van der Waals surface area (Å²) < 4.78 is 1.75. The molecule has 0 aromatic carbocycles. The first-order valence-corrected chi connectivity index (χ1v) is 5.43. The van der Waals surface area contributed by atoms with Crippen LogP contribution >= 0.6 is 11.6 Å². The van der Waals surface area contributed by atoms with Crippen LogP contribution < -0.4 is 5.73 Å². The SMILES string of the molecule is Cc1nn(Cc2ccnc(C(=N)N)c2)cc1Cl. The number of amidine groups is 1. The summed E-state index contributed by atoms with van der Waals surface area (Å²) in [4.78, 5) is 4.00. The van der Waals surface area contributed by atoms with Crippen molar-refractivity contribution in [3.05, 3.63) is 46.5 Å². The normalized spacial score (nSPS) is 10.5. The van der Waals surface area contributed by atoms with Crippen molar-refractivity contribution in [1.29, 1.82) is 5.41 Å². The summed E-state index contributed by atoms with van der Waals surface area (Å²) in [5.74, 6) is -0.0403. The molecule has 0 amide bonds. The highest BCUT2D eigenvalue weighted by atomic mass is 35.5. The number of aromatic nitrogens is 3. The van der Waals surface area contributed by atoms with E-state index in [4.69, 9.17) is 22.7 Å². The monoisotopic (exact) mass is 249 g/mol. The summed E-state index contributed by atoms with van der Waals surface area (Å²) >= 11 is 5.93. The van der Waals surface area contributed by atoms with Crippen molar-refractivity contribution in [3.63, 3.8) is 0 Å². The topological polar surface area (TPSA) is 80.6 Å². The molecule has 0 spiro atoms. The second-order valence-corrected chi connectivity index (χ2v) is 4.13. The average molecular weight is 250 g/mol. The van der Waals surface area contributed by atoms with Gasteiger partial charge in [-0.05, 0) is 24.6 Å². The molecule has 0 aliphatic rings. The van der Waals surface area contributed by atoms with Crippen molar-refractivity contribution in [2.45, 2.75) is 13.5 Å². The molecule has 2 rings (SSSR count). The number of nitrogens with zero attached hydrogens (tertiary/aromatic N) is 3. The Balaban J connectivity index is 2.24. The first-order valence-electron chi connectivity index (χ1n) is 5.05. The third-order valence-electron chi connectivity index (χ3n) is 2.33. The molecule has 2 heterocycles. The Labute approximate surface area is 104 Å². The van der Waals surface area contributed by atoms with Crippen LogP contribution in [0.4, 0.5) is 0 Å². The van der Waals surface area contributed by atoms with Gasteiger partial charge in [0.25, 0.3) is 0 Å². The molecule has 0 saturated heterocycles. The van der Waals surface area contributed by atoms with Gasteiger partial charge < -0.3 is 5.73 Å². The maximum Gasteiger partial charge on any atom is 0.141 e. The molecule has 0 saturated carbocycles. The number of hydrogen-bond donors (Lipinski definition) is 2. The Morgan fingerprint density at radius 1 is 1.59 bits per heavy atom. The maximum atomic E-state index is 7.32. The van der Waals surface area contributed by atoms with Gasteiger partial charge in [0.2, 0.25) is 0 Å². The minimum Gasteiger partial charge on any atom is -0.382 e. The van der Waals surface area contributed by atoms with Gasteiger partial charge in [-0.1, -0.05) is 11.6 Å². The second-order valence-electron chi connectivity index (χ2n) is 3.72. The molecule has 3 N–H and O–H groups in total. The van der Waals surface area contributed by atoms with Crippen LogP contribution in [0, 0.1) is 12.3 Å². The lowest BCUT2D eigenvalue weighted by Crippen LogP contribution is -2.13. The van der Waals surface area contributed by atoms with Crippen LogP contribution in [0.3, 0.4) is 0 Å². The summed E-state index contributed by atoms with van der Waals surface area (Å²) in [6, 6.07) is 3.63. The number of halogens is 1. The zero-order valence-corrected chi connectivity index (χ0v) is 10.1. The van der Waals surface area contributed by atoms with Crippen LogP contribution in [0.5, 0.6) is 0 Å². The number of aryl methyl sites for hydroxylation is 1. The highest BCUT2D eigenvalue weighted by molar-refractivity contribution is 6.31. The minimum absolute atomic E-state index is 0.0403. The van der Waals surface area contributed by atoms with E-state index in [-0.39, 0.29) is 5.84 Å². The van der Waals surface area contributed by atoms with Crippen LogP contribution in [0.25, 0.3) is 0 Å². The molecular formula is C11H12ClN5. The lowest BCUT2D eigenvalue weighted by atomic mass is 10.2. The van der Waals surface area contributed by atoms with E-state index in [1.807, 2.05) is 13.0 Å². The molecule has 88 valence electrons. The summed E-state index contributed by atoms with van der Waals surface area (Å²) in [5.41, 5.74) is 7.63. The van der Waals surface area contributed by atoms with Crippen molar-refractivity contribution in [1.82, 2.24) is 14.8 Å². The van der Waals surface area contributed by atoms with E-state index >= 15 is 0 Å². The van der Waals surface area contributed by atoms with Gasteiger partial charge in [-0.15, -0.1) is 0 Å².